The highest BCUT2D eigenvalue weighted by atomic mass is 19.1. The number of likely N-dealkylation sites (N-methyl/N-ethyl adjacent to an activating group) is 1. The van der Waals surface area contributed by atoms with E-state index in [0.29, 0.717) is 34.8 Å². The standard InChI is InChI=1S/C35H38F2N4O5/c1-6-40(7-2)16-17-45-32-20-28-26(19-31(32)44-5)29(14-15-39-28)46-30-13-12-25(18-27(30)37)41(24-10-8-23(36)9-11-24)34(43)35(33(38)42)21(3)22(35)4/h8-15,18-22H,6-7,16-17H2,1-5H3,(H2,38,42)/t21-,22+,35?. The number of hydrogen-bond acceptors (Lipinski definition) is 7. The Morgan fingerprint density at radius 2 is 1.57 bits per heavy atom. The predicted octanol–water partition coefficient (Wildman–Crippen LogP) is 6.46. The number of carbonyl (C=O) groups excluding carboxylic acids is 2. The summed E-state index contributed by atoms with van der Waals surface area (Å²) in [5, 5.41) is 0.571. The summed E-state index contributed by atoms with van der Waals surface area (Å²) in [5.41, 5.74) is 5.21. The van der Waals surface area contributed by atoms with Gasteiger partial charge >= 0.3 is 0 Å². The summed E-state index contributed by atoms with van der Waals surface area (Å²) < 4.78 is 47.2. The molecule has 4 aromatic rings. The third-order valence-electron chi connectivity index (χ3n) is 9.07. The highest BCUT2D eigenvalue weighted by molar-refractivity contribution is 6.17. The van der Waals surface area contributed by atoms with Crippen LogP contribution in [0.3, 0.4) is 0 Å². The minimum Gasteiger partial charge on any atom is -0.493 e. The number of fused-ring (bicyclic) bond motifs is 1. The molecule has 1 unspecified atom stereocenters. The maximum Gasteiger partial charge on any atom is 0.247 e. The summed E-state index contributed by atoms with van der Waals surface area (Å²) in [5.74, 6) is -2.08. The Morgan fingerprint density at radius 1 is 0.891 bits per heavy atom. The van der Waals surface area contributed by atoms with Gasteiger partial charge in [-0.25, -0.2) is 8.78 Å². The van der Waals surface area contributed by atoms with Crippen molar-refractivity contribution in [1.82, 2.24) is 9.88 Å². The summed E-state index contributed by atoms with van der Waals surface area (Å²) in [6.07, 6.45) is 1.55. The minimum atomic E-state index is -1.47. The van der Waals surface area contributed by atoms with Crippen molar-refractivity contribution in [3.8, 4) is 23.0 Å². The van der Waals surface area contributed by atoms with Gasteiger partial charge in [-0.1, -0.05) is 27.7 Å². The van der Waals surface area contributed by atoms with E-state index in [1.54, 1.807) is 38.2 Å². The molecule has 1 aliphatic rings. The monoisotopic (exact) mass is 632 g/mol. The average Bonchev–Trinajstić information content (AvgIpc) is 3.61. The van der Waals surface area contributed by atoms with Crippen LogP contribution in [-0.2, 0) is 9.59 Å². The molecule has 1 heterocycles. The van der Waals surface area contributed by atoms with Gasteiger partial charge in [-0.05, 0) is 73.5 Å². The van der Waals surface area contributed by atoms with Crippen molar-refractivity contribution < 1.29 is 32.6 Å². The van der Waals surface area contributed by atoms with Crippen molar-refractivity contribution in [2.24, 2.45) is 23.0 Å². The number of carbonyl (C=O) groups is 2. The number of rotatable bonds is 13. The molecule has 5 rings (SSSR count). The van der Waals surface area contributed by atoms with Crippen molar-refractivity contribution in [2.45, 2.75) is 27.7 Å². The molecule has 1 aromatic heterocycles. The van der Waals surface area contributed by atoms with E-state index in [9.17, 15) is 14.0 Å². The van der Waals surface area contributed by atoms with E-state index in [-0.39, 0.29) is 29.0 Å². The molecule has 3 atom stereocenters. The topological polar surface area (TPSA) is 107 Å². The number of primary amides is 1. The highest BCUT2D eigenvalue weighted by Crippen LogP contribution is 2.60. The molecule has 242 valence electrons. The number of halogens is 2. The van der Waals surface area contributed by atoms with Gasteiger partial charge in [-0.2, -0.15) is 0 Å². The Labute approximate surface area is 266 Å². The molecule has 0 aliphatic heterocycles. The largest absolute Gasteiger partial charge is 0.493 e. The fourth-order valence-corrected chi connectivity index (χ4v) is 6.02. The van der Waals surface area contributed by atoms with Crippen molar-refractivity contribution in [2.75, 3.05) is 38.3 Å². The number of ether oxygens (including phenoxy) is 3. The molecule has 2 amide bonds. The summed E-state index contributed by atoms with van der Waals surface area (Å²) in [6, 6.07) is 14.3. The number of hydrogen-bond donors (Lipinski definition) is 1. The quantitative estimate of drug-likeness (QED) is 0.169. The normalized spacial score (nSPS) is 18.8. The third kappa shape index (κ3) is 5.94. The maximum atomic E-state index is 15.8. The molecule has 11 heteroatoms. The molecule has 0 radical (unpaired) electrons. The number of nitrogens with zero attached hydrogens (tertiary/aromatic N) is 3. The van der Waals surface area contributed by atoms with Gasteiger partial charge in [0.1, 0.15) is 23.6 Å². The first-order valence-corrected chi connectivity index (χ1v) is 15.3. The second kappa shape index (κ2) is 13.3. The van der Waals surface area contributed by atoms with E-state index >= 15 is 4.39 Å². The van der Waals surface area contributed by atoms with E-state index in [1.165, 1.54) is 48.4 Å². The van der Waals surface area contributed by atoms with Crippen LogP contribution in [0.4, 0.5) is 20.2 Å². The number of methoxy groups -OCH3 is 1. The number of benzene rings is 3. The van der Waals surface area contributed by atoms with Crippen LogP contribution < -0.4 is 24.8 Å². The second-order valence-electron chi connectivity index (χ2n) is 11.3. The van der Waals surface area contributed by atoms with Gasteiger partial charge in [0.15, 0.2) is 23.1 Å². The SMILES string of the molecule is CCN(CC)CCOc1cc2nccc(Oc3ccc(N(C(=O)C4(C(N)=O)[C@H](C)[C@@H]4C)c4ccc(F)cc4)cc3F)c2cc1OC. The van der Waals surface area contributed by atoms with E-state index < -0.39 is 28.9 Å². The molecule has 2 N–H and O–H groups in total. The first kappa shape index (κ1) is 32.6. The summed E-state index contributed by atoms with van der Waals surface area (Å²) in [7, 11) is 1.54. The van der Waals surface area contributed by atoms with Crippen LogP contribution in [-0.4, -0.2) is 55.0 Å². The number of aromatic nitrogens is 1. The number of anilines is 2. The summed E-state index contributed by atoms with van der Waals surface area (Å²) in [4.78, 5) is 34.4. The van der Waals surface area contributed by atoms with Crippen LogP contribution in [0, 0.1) is 28.9 Å². The van der Waals surface area contributed by atoms with Gasteiger partial charge in [-0.15, -0.1) is 0 Å². The molecule has 3 aromatic carbocycles. The van der Waals surface area contributed by atoms with Crippen LogP contribution in [0.1, 0.15) is 27.7 Å². The molecule has 0 saturated heterocycles. The van der Waals surface area contributed by atoms with Crippen LogP contribution in [0.15, 0.2) is 66.9 Å². The molecule has 1 fully saturated rings. The smallest absolute Gasteiger partial charge is 0.247 e. The average molecular weight is 633 g/mol. The second-order valence-corrected chi connectivity index (χ2v) is 11.3. The minimum absolute atomic E-state index is 0.112. The van der Waals surface area contributed by atoms with Gasteiger partial charge in [0.25, 0.3) is 0 Å². The third-order valence-corrected chi connectivity index (χ3v) is 9.07. The molecular formula is C35H38F2N4O5. The maximum absolute atomic E-state index is 15.8. The Bertz CT molecular complexity index is 1740. The Balaban J connectivity index is 1.46. The Kier molecular flexibility index (Phi) is 9.43. The molecule has 46 heavy (non-hydrogen) atoms. The molecule has 1 saturated carbocycles. The summed E-state index contributed by atoms with van der Waals surface area (Å²) in [6.45, 7) is 10.8. The van der Waals surface area contributed by atoms with Gasteiger partial charge in [0.2, 0.25) is 11.8 Å². The summed E-state index contributed by atoms with van der Waals surface area (Å²) >= 11 is 0. The van der Waals surface area contributed by atoms with Crippen LogP contribution in [0.2, 0.25) is 0 Å². The lowest BCUT2D eigenvalue weighted by Gasteiger charge is -2.27. The van der Waals surface area contributed by atoms with Gasteiger partial charge in [0, 0.05) is 35.9 Å². The fourth-order valence-electron chi connectivity index (χ4n) is 6.02. The number of nitrogens with two attached hydrogens (primary N) is 1. The first-order valence-electron chi connectivity index (χ1n) is 15.3. The van der Waals surface area contributed by atoms with Crippen LogP contribution >= 0.6 is 0 Å². The Morgan fingerprint density at radius 3 is 2.15 bits per heavy atom. The lowest BCUT2D eigenvalue weighted by atomic mass is 9.98. The molecule has 0 bridgehead atoms. The molecule has 9 nitrogen and oxygen atoms in total. The predicted molar refractivity (Wildman–Crippen MR) is 172 cm³/mol. The zero-order valence-corrected chi connectivity index (χ0v) is 26.6. The molecular weight excluding hydrogens is 594 g/mol. The van der Waals surface area contributed by atoms with Crippen LogP contribution in [0.25, 0.3) is 10.9 Å². The van der Waals surface area contributed by atoms with Crippen molar-refractivity contribution in [3.63, 3.8) is 0 Å². The van der Waals surface area contributed by atoms with E-state index in [4.69, 9.17) is 19.9 Å². The highest BCUT2D eigenvalue weighted by Gasteiger charge is 2.70. The van der Waals surface area contributed by atoms with Crippen LogP contribution in [0.5, 0.6) is 23.0 Å². The molecule has 0 spiro atoms. The van der Waals surface area contributed by atoms with E-state index in [0.717, 1.165) is 25.7 Å². The van der Waals surface area contributed by atoms with Crippen molar-refractivity contribution >= 4 is 34.1 Å². The van der Waals surface area contributed by atoms with E-state index in [1.807, 2.05) is 0 Å². The Hall–Kier alpha value is -4.77. The van der Waals surface area contributed by atoms with Crippen molar-refractivity contribution in [1.29, 1.82) is 0 Å². The molecule has 1 aliphatic carbocycles. The lowest BCUT2D eigenvalue weighted by Crippen LogP contribution is -2.43. The van der Waals surface area contributed by atoms with Gasteiger partial charge in [-0.3, -0.25) is 19.5 Å². The van der Waals surface area contributed by atoms with Gasteiger partial charge < -0.3 is 24.8 Å². The van der Waals surface area contributed by atoms with E-state index in [2.05, 4.69) is 23.7 Å². The number of pyridine rings is 1. The number of amides is 2. The lowest BCUT2D eigenvalue weighted by molar-refractivity contribution is -0.134. The first-order chi connectivity index (χ1) is 22.1. The van der Waals surface area contributed by atoms with Gasteiger partial charge in [0.05, 0.1) is 18.3 Å². The zero-order valence-electron chi connectivity index (χ0n) is 26.6. The van der Waals surface area contributed by atoms with Crippen molar-refractivity contribution in [3.05, 3.63) is 78.5 Å². The zero-order chi connectivity index (χ0) is 33.2. The fraction of sp³-hybridized carbons (Fsp3) is 0.343.